The molecule has 0 fully saturated rings. The van der Waals surface area contributed by atoms with Crippen molar-refractivity contribution in [2.45, 2.75) is 5.92 Å². The second kappa shape index (κ2) is 4.29. The predicted octanol–water partition coefficient (Wildman–Crippen LogP) is 1.99. The van der Waals surface area contributed by atoms with E-state index < -0.39 is 0 Å². The molecule has 2 rings (SSSR count). The van der Waals surface area contributed by atoms with Crippen molar-refractivity contribution in [2.24, 2.45) is 10.7 Å². The second-order valence-electron chi connectivity index (χ2n) is 3.44. The molecule has 5 heteroatoms. The molecule has 80 valence electrons. The van der Waals surface area contributed by atoms with Crippen LogP contribution >= 0.6 is 23.2 Å². The van der Waals surface area contributed by atoms with E-state index in [0.717, 1.165) is 12.1 Å². The lowest BCUT2D eigenvalue weighted by Gasteiger charge is -2.23. The molecule has 0 saturated heterocycles. The maximum absolute atomic E-state index is 6.11. The molecule has 1 aliphatic heterocycles. The maximum Gasteiger partial charge on any atom is 0.188 e. The summed E-state index contributed by atoms with van der Waals surface area (Å²) in [5.74, 6) is 0.674. The highest BCUT2D eigenvalue weighted by Gasteiger charge is 2.20. The van der Waals surface area contributed by atoms with Crippen LogP contribution in [0.4, 0.5) is 0 Å². The molecular formula is C10H11Cl2N3. The summed E-state index contributed by atoms with van der Waals surface area (Å²) in [4.78, 5) is 4.14. The van der Waals surface area contributed by atoms with Crippen LogP contribution in [-0.2, 0) is 0 Å². The molecule has 0 saturated carbocycles. The quantitative estimate of drug-likeness (QED) is 0.793. The minimum absolute atomic E-state index is 0.193. The number of guanidine groups is 1. The van der Waals surface area contributed by atoms with Crippen LogP contribution in [0, 0.1) is 0 Å². The Hall–Kier alpha value is -0.930. The first kappa shape index (κ1) is 10.6. The van der Waals surface area contributed by atoms with E-state index in [-0.39, 0.29) is 5.92 Å². The minimum atomic E-state index is 0.193. The molecule has 3 N–H and O–H groups in total. The molecule has 1 aromatic rings. The van der Waals surface area contributed by atoms with Crippen LogP contribution in [0.3, 0.4) is 0 Å². The zero-order valence-electron chi connectivity index (χ0n) is 8.00. The van der Waals surface area contributed by atoms with Crippen LogP contribution in [0.15, 0.2) is 23.2 Å². The van der Waals surface area contributed by atoms with E-state index in [1.165, 1.54) is 0 Å². The molecule has 0 radical (unpaired) electrons. The first-order valence-corrected chi connectivity index (χ1v) is 5.42. The maximum atomic E-state index is 6.11. The Morgan fingerprint density at radius 3 is 2.53 bits per heavy atom. The fourth-order valence-electron chi connectivity index (χ4n) is 1.65. The molecule has 0 aromatic heterocycles. The third kappa shape index (κ3) is 2.19. The van der Waals surface area contributed by atoms with Gasteiger partial charge in [-0.15, -0.1) is 0 Å². The van der Waals surface area contributed by atoms with Crippen molar-refractivity contribution in [3.63, 3.8) is 0 Å². The Balaban J connectivity index is 2.30. The first-order valence-electron chi connectivity index (χ1n) is 4.66. The summed E-state index contributed by atoms with van der Waals surface area (Å²) in [7, 11) is 0. The second-order valence-corrected chi connectivity index (χ2v) is 4.25. The van der Waals surface area contributed by atoms with Gasteiger partial charge in [0.2, 0.25) is 0 Å². The van der Waals surface area contributed by atoms with Crippen LogP contribution in [0.5, 0.6) is 0 Å². The SMILES string of the molecule is NC1=NCC(c2c(Cl)cccc2Cl)CN1. The van der Waals surface area contributed by atoms with Crippen molar-refractivity contribution >= 4 is 29.2 Å². The number of aliphatic imine (C=N–C) groups is 1. The molecule has 1 aliphatic rings. The van der Waals surface area contributed by atoms with E-state index >= 15 is 0 Å². The molecule has 0 aliphatic carbocycles. The highest BCUT2D eigenvalue weighted by Crippen LogP contribution is 2.32. The number of hydrogen-bond donors (Lipinski definition) is 2. The number of hydrogen-bond acceptors (Lipinski definition) is 3. The lowest BCUT2D eigenvalue weighted by atomic mass is 9.98. The molecule has 1 heterocycles. The average Bonchev–Trinajstić information content (AvgIpc) is 2.20. The van der Waals surface area contributed by atoms with Gasteiger partial charge in [-0.05, 0) is 17.7 Å². The van der Waals surface area contributed by atoms with E-state index in [2.05, 4.69) is 10.3 Å². The molecule has 0 spiro atoms. The summed E-state index contributed by atoms with van der Waals surface area (Å²) < 4.78 is 0. The smallest absolute Gasteiger partial charge is 0.188 e. The number of halogens is 2. The Morgan fingerprint density at radius 2 is 2.00 bits per heavy atom. The standard InChI is InChI=1S/C10H11Cl2N3/c11-7-2-1-3-8(12)9(7)6-4-14-10(13)15-5-6/h1-3,6H,4-5H2,(H3,13,14,15). The first-order chi connectivity index (χ1) is 7.18. The Morgan fingerprint density at radius 1 is 1.33 bits per heavy atom. The normalized spacial score (nSPS) is 20.7. The van der Waals surface area contributed by atoms with Crippen molar-refractivity contribution in [1.82, 2.24) is 5.32 Å². The molecular weight excluding hydrogens is 233 g/mol. The lowest BCUT2D eigenvalue weighted by Crippen LogP contribution is -2.39. The highest BCUT2D eigenvalue weighted by molar-refractivity contribution is 6.36. The van der Waals surface area contributed by atoms with Gasteiger partial charge in [0.25, 0.3) is 0 Å². The fraction of sp³-hybridized carbons (Fsp3) is 0.300. The number of nitrogens with one attached hydrogen (secondary N) is 1. The minimum Gasteiger partial charge on any atom is -0.370 e. The molecule has 3 nitrogen and oxygen atoms in total. The summed E-state index contributed by atoms with van der Waals surface area (Å²) in [5, 5.41) is 4.37. The lowest BCUT2D eigenvalue weighted by molar-refractivity contribution is 0.635. The van der Waals surface area contributed by atoms with Gasteiger partial charge in [0.05, 0.1) is 6.54 Å². The van der Waals surface area contributed by atoms with Crippen LogP contribution in [0.25, 0.3) is 0 Å². The number of nitrogens with zero attached hydrogens (tertiary/aromatic N) is 1. The van der Waals surface area contributed by atoms with Gasteiger partial charge in [0, 0.05) is 22.5 Å². The number of nitrogens with two attached hydrogens (primary N) is 1. The zero-order chi connectivity index (χ0) is 10.8. The van der Waals surface area contributed by atoms with E-state index in [9.17, 15) is 0 Å². The number of benzene rings is 1. The monoisotopic (exact) mass is 243 g/mol. The van der Waals surface area contributed by atoms with Crippen LogP contribution < -0.4 is 11.1 Å². The van der Waals surface area contributed by atoms with E-state index in [1.807, 2.05) is 18.2 Å². The van der Waals surface area contributed by atoms with Crippen LogP contribution in [0.2, 0.25) is 10.0 Å². The van der Waals surface area contributed by atoms with Gasteiger partial charge in [0.15, 0.2) is 5.96 Å². The van der Waals surface area contributed by atoms with Crippen molar-refractivity contribution in [3.8, 4) is 0 Å². The zero-order valence-corrected chi connectivity index (χ0v) is 9.52. The van der Waals surface area contributed by atoms with Gasteiger partial charge >= 0.3 is 0 Å². The van der Waals surface area contributed by atoms with Gasteiger partial charge < -0.3 is 11.1 Å². The van der Waals surface area contributed by atoms with Crippen molar-refractivity contribution in [3.05, 3.63) is 33.8 Å². The Labute approximate surface area is 98.3 Å². The molecule has 0 bridgehead atoms. The van der Waals surface area contributed by atoms with Gasteiger partial charge in [-0.2, -0.15) is 0 Å². The summed E-state index contributed by atoms with van der Waals surface area (Å²) in [6, 6.07) is 5.51. The summed E-state index contributed by atoms with van der Waals surface area (Å²) in [6.07, 6.45) is 0. The van der Waals surface area contributed by atoms with Gasteiger partial charge in [0.1, 0.15) is 0 Å². The molecule has 1 aromatic carbocycles. The molecule has 1 unspecified atom stereocenters. The predicted molar refractivity (Wildman–Crippen MR) is 63.7 cm³/mol. The van der Waals surface area contributed by atoms with Crippen molar-refractivity contribution in [2.75, 3.05) is 13.1 Å². The largest absolute Gasteiger partial charge is 0.370 e. The highest BCUT2D eigenvalue weighted by atomic mass is 35.5. The summed E-state index contributed by atoms with van der Waals surface area (Å²) >= 11 is 12.2. The third-order valence-corrected chi connectivity index (χ3v) is 3.08. The van der Waals surface area contributed by atoms with Crippen LogP contribution in [-0.4, -0.2) is 19.0 Å². The van der Waals surface area contributed by atoms with E-state index in [4.69, 9.17) is 28.9 Å². The number of rotatable bonds is 1. The molecule has 1 atom stereocenters. The summed E-state index contributed by atoms with van der Waals surface area (Å²) in [6.45, 7) is 1.35. The summed E-state index contributed by atoms with van der Waals surface area (Å²) in [5.41, 5.74) is 6.47. The fourth-order valence-corrected chi connectivity index (χ4v) is 2.36. The third-order valence-electron chi connectivity index (χ3n) is 2.42. The molecule has 0 amide bonds. The Bertz CT molecular complexity index is 383. The van der Waals surface area contributed by atoms with E-state index in [0.29, 0.717) is 22.5 Å². The Kier molecular flexibility index (Phi) is 3.03. The average molecular weight is 244 g/mol. The van der Waals surface area contributed by atoms with Gasteiger partial charge in [-0.1, -0.05) is 29.3 Å². The van der Waals surface area contributed by atoms with Crippen molar-refractivity contribution in [1.29, 1.82) is 0 Å². The van der Waals surface area contributed by atoms with Crippen LogP contribution in [0.1, 0.15) is 11.5 Å². The van der Waals surface area contributed by atoms with Crippen molar-refractivity contribution < 1.29 is 0 Å². The van der Waals surface area contributed by atoms with Gasteiger partial charge in [-0.3, -0.25) is 4.99 Å². The molecule has 15 heavy (non-hydrogen) atoms. The topological polar surface area (TPSA) is 50.4 Å². The van der Waals surface area contributed by atoms with E-state index in [1.54, 1.807) is 0 Å². The van der Waals surface area contributed by atoms with Gasteiger partial charge in [-0.25, -0.2) is 0 Å².